The molecule has 5 nitrogen and oxygen atoms in total. The molecule has 0 atom stereocenters. The standard InChI is InChI=1S/C22H16ClFIN3O2S/c1-2-13-7-14(8-16-11-27-22(25)28-21(13)16)15-9-18(24)19(26-10-15)12-31(29,30)20-6-4-3-5-17(20)23/h3-11H,2,12H2,1H3. The van der Waals surface area contributed by atoms with Gasteiger partial charge >= 0.3 is 0 Å². The summed E-state index contributed by atoms with van der Waals surface area (Å²) in [6.07, 6.45) is 3.97. The summed E-state index contributed by atoms with van der Waals surface area (Å²) in [6.45, 7) is 2.02. The van der Waals surface area contributed by atoms with Gasteiger partial charge in [-0.25, -0.2) is 22.8 Å². The summed E-state index contributed by atoms with van der Waals surface area (Å²) in [5.41, 5.74) is 3.03. The summed E-state index contributed by atoms with van der Waals surface area (Å²) >= 11 is 8.07. The van der Waals surface area contributed by atoms with E-state index in [0.717, 1.165) is 28.5 Å². The van der Waals surface area contributed by atoms with Crippen LogP contribution in [0.15, 0.2) is 59.8 Å². The maximum atomic E-state index is 14.8. The van der Waals surface area contributed by atoms with Crippen molar-refractivity contribution < 1.29 is 12.8 Å². The van der Waals surface area contributed by atoms with Crippen molar-refractivity contribution in [2.75, 3.05) is 0 Å². The Bertz CT molecular complexity index is 1410. The van der Waals surface area contributed by atoms with Gasteiger partial charge < -0.3 is 0 Å². The lowest BCUT2D eigenvalue weighted by atomic mass is 10.00. The molecule has 9 heteroatoms. The number of fused-ring (bicyclic) bond motifs is 1. The minimum Gasteiger partial charge on any atom is -0.256 e. The molecule has 0 N–H and O–H groups in total. The first-order valence-corrected chi connectivity index (χ1v) is 12.5. The lowest BCUT2D eigenvalue weighted by Crippen LogP contribution is -2.09. The average molecular weight is 568 g/mol. The van der Waals surface area contributed by atoms with E-state index in [4.69, 9.17) is 11.6 Å². The number of benzene rings is 2. The van der Waals surface area contributed by atoms with Crippen LogP contribution in [0.1, 0.15) is 18.2 Å². The normalized spacial score (nSPS) is 11.7. The van der Waals surface area contributed by atoms with Crippen LogP contribution in [-0.4, -0.2) is 23.4 Å². The quantitative estimate of drug-likeness (QED) is 0.231. The highest BCUT2D eigenvalue weighted by molar-refractivity contribution is 14.1. The van der Waals surface area contributed by atoms with Crippen molar-refractivity contribution >= 4 is 54.9 Å². The van der Waals surface area contributed by atoms with Crippen LogP contribution in [0.25, 0.3) is 22.0 Å². The molecule has 31 heavy (non-hydrogen) atoms. The molecule has 0 saturated heterocycles. The van der Waals surface area contributed by atoms with Gasteiger partial charge in [0.1, 0.15) is 5.82 Å². The molecular weight excluding hydrogens is 552 g/mol. The maximum absolute atomic E-state index is 14.8. The molecule has 2 aromatic heterocycles. The van der Waals surface area contributed by atoms with Gasteiger partial charge in [-0.3, -0.25) is 4.98 Å². The third kappa shape index (κ3) is 4.56. The molecule has 4 aromatic rings. The molecule has 2 heterocycles. The molecule has 0 bridgehead atoms. The molecule has 158 valence electrons. The van der Waals surface area contributed by atoms with Gasteiger partial charge in [-0.05, 0) is 47.9 Å². The Hall–Kier alpha value is -2.17. The molecule has 0 amide bonds. The lowest BCUT2D eigenvalue weighted by Gasteiger charge is -2.11. The molecule has 0 fully saturated rings. The largest absolute Gasteiger partial charge is 0.256 e. The van der Waals surface area contributed by atoms with Crippen LogP contribution in [0.2, 0.25) is 5.02 Å². The second-order valence-corrected chi connectivity index (χ2v) is 10.2. The summed E-state index contributed by atoms with van der Waals surface area (Å²) in [4.78, 5) is 12.8. The van der Waals surface area contributed by atoms with Crippen molar-refractivity contribution in [3.05, 3.63) is 80.8 Å². The van der Waals surface area contributed by atoms with Crippen LogP contribution in [0, 0.1) is 9.65 Å². The first kappa shape index (κ1) is 22.0. The third-order valence-corrected chi connectivity index (χ3v) is 7.50. The highest BCUT2D eigenvalue weighted by Crippen LogP contribution is 2.29. The van der Waals surface area contributed by atoms with E-state index in [0.29, 0.717) is 9.39 Å². The Morgan fingerprint density at radius 2 is 1.84 bits per heavy atom. The monoisotopic (exact) mass is 567 g/mol. The first-order valence-electron chi connectivity index (χ1n) is 9.35. The van der Waals surface area contributed by atoms with Crippen LogP contribution >= 0.6 is 34.2 Å². The van der Waals surface area contributed by atoms with Crippen LogP contribution in [0.3, 0.4) is 0 Å². The third-order valence-electron chi connectivity index (χ3n) is 4.86. The molecule has 0 aliphatic carbocycles. The number of hydrogen-bond acceptors (Lipinski definition) is 5. The summed E-state index contributed by atoms with van der Waals surface area (Å²) in [7, 11) is -3.84. The van der Waals surface area contributed by atoms with Crippen LogP contribution in [0.5, 0.6) is 0 Å². The Labute approximate surface area is 197 Å². The maximum Gasteiger partial charge on any atom is 0.191 e. The minimum absolute atomic E-state index is 0.0429. The van der Waals surface area contributed by atoms with E-state index in [1.807, 2.05) is 19.1 Å². The summed E-state index contributed by atoms with van der Waals surface area (Å²) in [6, 6.07) is 11.2. The van der Waals surface area contributed by atoms with Gasteiger partial charge in [-0.1, -0.05) is 30.7 Å². The van der Waals surface area contributed by atoms with Crippen molar-refractivity contribution in [1.29, 1.82) is 0 Å². The molecule has 2 aromatic carbocycles. The SMILES string of the molecule is CCc1cc(-c2cnc(CS(=O)(=O)c3ccccc3Cl)c(F)c2)cc2cnc(I)nc12. The number of hydrogen-bond donors (Lipinski definition) is 0. The van der Waals surface area contributed by atoms with E-state index in [2.05, 4.69) is 37.5 Å². The van der Waals surface area contributed by atoms with Gasteiger partial charge in [0, 0.05) is 45.9 Å². The van der Waals surface area contributed by atoms with Crippen molar-refractivity contribution in [1.82, 2.24) is 15.0 Å². The molecule has 0 unspecified atom stereocenters. The van der Waals surface area contributed by atoms with Crippen molar-refractivity contribution in [3.63, 3.8) is 0 Å². The van der Waals surface area contributed by atoms with E-state index in [9.17, 15) is 12.8 Å². The number of aromatic nitrogens is 3. The van der Waals surface area contributed by atoms with E-state index in [-0.39, 0.29) is 15.6 Å². The van der Waals surface area contributed by atoms with Gasteiger partial charge in [-0.2, -0.15) is 0 Å². The fourth-order valence-corrected chi connectivity index (χ4v) is 5.57. The van der Waals surface area contributed by atoms with Crippen molar-refractivity contribution in [2.24, 2.45) is 0 Å². The highest BCUT2D eigenvalue weighted by Gasteiger charge is 2.21. The van der Waals surface area contributed by atoms with Crippen LogP contribution < -0.4 is 0 Å². The van der Waals surface area contributed by atoms with Crippen molar-refractivity contribution in [2.45, 2.75) is 24.0 Å². The predicted molar refractivity (Wildman–Crippen MR) is 127 cm³/mol. The highest BCUT2D eigenvalue weighted by atomic mass is 127. The fraction of sp³-hybridized carbons (Fsp3) is 0.136. The van der Waals surface area contributed by atoms with Gasteiger partial charge in [-0.15, -0.1) is 0 Å². The van der Waals surface area contributed by atoms with E-state index >= 15 is 0 Å². The molecule has 0 radical (unpaired) electrons. The first-order chi connectivity index (χ1) is 14.8. The smallest absolute Gasteiger partial charge is 0.191 e. The van der Waals surface area contributed by atoms with Crippen LogP contribution in [0.4, 0.5) is 4.39 Å². The van der Waals surface area contributed by atoms with Crippen molar-refractivity contribution in [3.8, 4) is 11.1 Å². The zero-order chi connectivity index (χ0) is 22.2. The topological polar surface area (TPSA) is 72.8 Å². The van der Waals surface area contributed by atoms with E-state index in [1.54, 1.807) is 18.3 Å². The molecule has 0 spiro atoms. The fourth-order valence-electron chi connectivity index (χ4n) is 3.32. The number of aryl methyl sites for hydroxylation is 1. The minimum atomic E-state index is -3.84. The van der Waals surface area contributed by atoms with Gasteiger partial charge in [0.25, 0.3) is 0 Å². The van der Waals surface area contributed by atoms with Gasteiger partial charge in [0.15, 0.2) is 13.7 Å². The zero-order valence-electron chi connectivity index (χ0n) is 16.3. The number of sulfone groups is 1. The summed E-state index contributed by atoms with van der Waals surface area (Å²) < 4.78 is 40.9. The molecule has 0 aliphatic rings. The number of halogens is 3. The molecule has 4 rings (SSSR count). The zero-order valence-corrected chi connectivity index (χ0v) is 20.0. The second-order valence-electron chi connectivity index (χ2n) is 6.91. The molecule has 0 saturated carbocycles. The van der Waals surface area contributed by atoms with Gasteiger partial charge in [0.05, 0.1) is 26.9 Å². The molecule has 0 aliphatic heterocycles. The van der Waals surface area contributed by atoms with Crippen LogP contribution in [-0.2, 0) is 22.0 Å². The Morgan fingerprint density at radius 3 is 2.55 bits per heavy atom. The van der Waals surface area contributed by atoms with E-state index < -0.39 is 21.4 Å². The average Bonchev–Trinajstić information content (AvgIpc) is 2.74. The van der Waals surface area contributed by atoms with Gasteiger partial charge in [0.2, 0.25) is 0 Å². The Kier molecular flexibility index (Phi) is 6.23. The number of pyridine rings is 1. The Morgan fingerprint density at radius 1 is 1.06 bits per heavy atom. The number of rotatable bonds is 5. The van der Waals surface area contributed by atoms with E-state index in [1.165, 1.54) is 24.4 Å². The summed E-state index contributed by atoms with van der Waals surface area (Å²) in [5.74, 6) is -1.27. The Balaban J connectivity index is 1.71. The number of nitrogens with zero attached hydrogens (tertiary/aromatic N) is 3. The predicted octanol–water partition coefficient (Wildman–Crippen LogP) is 5.63. The molecular formula is C22H16ClFIN3O2S. The lowest BCUT2D eigenvalue weighted by molar-refractivity contribution is 0.583. The summed E-state index contributed by atoms with van der Waals surface area (Å²) in [5, 5.41) is 0.945. The second kappa shape index (κ2) is 8.76.